The summed E-state index contributed by atoms with van der Waals surface area (Å²) in [6.07, 6.45) is 6.35. The smallest absolute Gasteiger partial charge is 0.165 e. The third kappa shape index (κ3) is 3.45. The molecule has 1 aliphatic carbocycles. The molecule has 1 N–H and O–H groups in total. The first-order valence-electron chi connectivity index (χ1n) is 6.81. The number of benzene rings is 1. The van der Waals surface area contributed by atoms with E-state index in [0.717, 1.165) is 25.7 Å². The van der Waals surface area contributed by atoms with Gasteiger partial charge in [0.2, 0.25) is 0 Å². The van der Waals surface area contributed by atoms with E-state index in [2.05, 4.69) is 0 Å². The zero-order chi connectivity index (χ0) is 13.0. The molecule has 1 atom stereocenters. The molecule has 1 fully saturated rings. The van der Waals surface area contributed by atoms with Gasteiger partial charge in [-0.3, -0.25) is 0 Å². The average molecular weight is 252 g/mol. The Labute approximate surface area is 108 Å². The number of hydrogen-bond donors (Lipinski definition) is 1. The first kappa shape index (κ1) is 13.3. The number of aliphatic hydroxyl groups is 1. The molecule has 2 nitrogen and oxygen atoms in total. The van der Waals surface area contributed by atoms with E-state index in [1.807, 2.05) is 0 Å². The van der Waals surface area contributed by atoms with Crippen LogP contribution < -0.4 is 4.74 Å². The van der Waals surface area contributed by atoms with E-state index < -0.39 is 6.10 Å². The molecular weight excluding hydrogens is 231 g/mol. The molecule has 0 bridgehead atoms. The van der Waals surface area contributed by atoms with E-state index in [1.54, 1.807) is 19.1 Å². The van der Waals surface area contributed by atoms with Crippen LogP contribution in [-0.2, 0) is 0 Å². The molecule has 18 heavy (non-hydrogen) atoms. The zero-order valence-electron chi connectivity index (χ0n) is 10.9. The molecule has 0 spiro atoms. The van der Waals surface area contributed by atoms with E-state index in [0.29, 0.717) is 11.3 Å². The third-order valence-corrected chi connectivity index (χ3v) is 3.53. The van der Waals surface area contributed by atoms with Crippen molar-refractivity contribution in [1.82, 2.24) is 0 Å². The average Bonchev–Trinajstić information content (AvgIpc) is 2.60. The van der Waals surface area contributed by atoms with Gasteiger partial charge in [0.1, 0.15) is 0 Å². The second kappa shape index (κ2) is 6.19. The number of ether oxygens (including phenoxy) is 1. The lowest BCUT2D eigenvalue weighted by atomic mass is 10.1. The number of aliphatic hydroxyl groups excluding tert-OH is 1. The lowest BCUT2D eigenvalue weighted by Gasteiger charge is -2.18. The van der Waals surface area contributed by atoms with Crippen LogP contribution in [0.1, 0.15) is 57.1 Å². The van der Waals surface area contributed by atoms with Crippen LogP contribution in [0.5, 0.6) is 5.75 Å². The molecule has 3 heteroatoms. The van der Waals surface area contributed by atoms with Gasteiger partial charge in [0.05, 0.1) is 12.2 Å². The largest absolute Gasteiger partial charge is 0.487 e. The molecule has 1 aromatic rings. The highest BCUT2D eigenvalue weighted by Gasteiger charge is 2.16. The molecule has 1 aliphatic rings. The van der Waals surface area contributed by atoms with Crippen molar-refractivity contribution in [3.8, 4) is 5.75 Å². The Balaban J connectivity index is 2.04. The maximum Gasteiger partial charge on any atom is 0.165 e. The van der Waals surface area contributed by atoms with E-state index in [1.165, 1.54) is 18.9 Å². The van der Waals surface area contributed by atoms with Crippen LogP contribution in [0.25, 0.3) is 0 Å². The predicted molar refractivity (Wildman–Crippen MR) is 69.2 cm³/mol. The summed E-state index contributed by atoms with van der Waals surface area (Å²) in [7, 11) is 0. The summed E-state index contributed by atoms with van der Waals surface area (Å²) in [5.41, 5.74) is 0.584. The fourth-order valence-corrected chi connectivity index (χ4v) is 2.41. The van der Waals surface area contributed by atoms with Gasteiger partial charge in [0.25, 0.3) is 0 Å². The van der Waals surface area contributed by atoms with Crippen molar-refractivity contribution in [1.29, 1.82) is 0 Å². The SMILES string of the molecule is C[C@@H](O)c1ccc(OC2CCCCCC2)c(F)c1. The van der Waals surface area contributed by atoms with Crippen LogP contribution in [0.3, 0.4) is 0 Å². The normalized spacial score (nSPS) is 19.3. The van der Waals surface area contributed by atoms with E-state index >= 15 is 0 Å². The summed E-state index contributed by atoms with van der Waals surface area (Å²) >= 11 is 0. The Morgan fingerprint density at radius 3 is 2.44 bits per heavy atom. The van der Waals surface area contributed by atoms with Crippen molar-refractivity contribution in [2.75, 3.05) is 0 Å². The van der Waals surface area contributed by atoms with Crippen LogP contribution >= 0.6 is 0 Å². The van der Waals surface area contributed by atoms with Crippen molar-refractivity contribution in [2.24, 2.45) is 0 Å². The molecule has 1 saturated carbocycles. The van der Waals surface area contributed by atoms with E-state index in [-0.39, 0.29) is 11.9 Å². The van der Waals surface area contributed by atoms with Crippen LogP contribution in [0.2, 0.25) is 0 Å². The van der Waals surface area contributed by atoms with Gasteiger partial charge in [0.15, 0.2) is 11.6 Å². The van der Waals surface area contributed by atoms with E-state index in [9.17, 15) is 9.50 Å². The van der Waals surface area contributed by atoms with Gasteiger partial charge in [-0.2, -0.15) is 0 Å². The highest BCUT2D eigenvalue weighted by atomic mass is 19.1. The van der Waals surface area contributed by atoms with Gasteiger partial charge < -0.3 is 9.84 Å². The predicted octanol–water partition coefficient (Wildman–Crippen LogP) is 3.98. The molecule has 0 aliphatic heterocycles. The maximum atomic E-state index is 13.8. The first-order valence-corrected chi connectivity index (χ1v) is 6.81. The molecule has 100 valence electrons. The van der Waals surface area contributed by atoms with Crippen molar-refractivity contribution in [3.05, 3.63) is 29.6 Å². The number of rotatable bonds is 3. The summed E-state index contributed by atoms with van der Waals surface area (Å²) in [6.45, 7) is 1.63. The summed E-state index contributed by atoms with van der Waals surface area (Å²) < 4.78 is 19.6. The Bertz CT molecular complexity index is 382. The minimum absolute atomic E-state index is 0.138. The molecule has 1 aromatic carbocycles. The first-order chi connectivity index (χ1) is 8.66. The number of halogens is 1. The number of hydrogen-bond acceptors (Lipinski definition) is 2. The lowest BCUT2D eigenvalue weighted by Crippen LogP contribution is -2.16. The molecule has 2 rings (SSSR count). The molecule has 0 aromatic heterocycles. The minimum Gasteiger partial charge on any atom is -0.487 e. The van der Waals surface area contributed by atoms with Gasteiger partial charge >= 0.3 is 0 Å². The zero-order valence-corrected chi connectivity index (χ0v) is 10.9. The maximum absolute atomic E-state index is 13.8. The fraction of sp³-hybridized carbons (Fsp3) is 0.600. The van der Waals surface area contributed by atoms with Crippen molar-refractivity contribution in [3.63, 3.8) is 0 Å². The van der Waals surface area contributed by atoms with Crippen LogP contribution in [0.4, 0.5) is 4.39 Å². The Kier molecular flexibility index (Phi) is 4.59. The summed E-state index contributed by atoms with van der Waals surface area (Å²) in [4.78, 5) is 0. The lowest BCUT2D eigenvalue weighted by molar-refractivity contribution is 0.174. The third-order valence-electron chi connectivity index (χ3n) is 3.53. The molecule has 0 saturated heterocycles. The molecule has 0 amide bonds. The van der Waals surface area contributed by atoms with Gasteiger partial charge in [-0.05, 0) is 50.3 Å². The van der Waals surface area contributed by atoms with Crippen molar-refractivity contribution < 1.29 is 14.2 Å². The second-order valence-corrected chi connectivity index (χ2v) is 5.10. The van der Waals surface area contributed by atoms with Crippen LogP contribution in [-0.4, -0.2) is 11.2 Å². The topological polar surface area (TPSA) is 29.5 Å². The Hall–Kier alpha value is -1.09. The van der Waals surface area contributed by atoms with Crippen LogP contribution in [0.15, 0.2) is 18.2 Å². The summed E-state index contributed by atoms with van der Waals surface area (Å²) in [5, 5.41) is 9.39. The van der Waals surface area contributed by atoms with Crippen molar-refractivity contribution >= 4 is 0 Å². The summed E-state index contributed by atoms with van der Waals surface area (Å²) in [6, 6.07) is 4.71. The molecule has 0 heterocycles. The van der Waals surface area contributed by atoms with Gasteiger partial charge in [-0.25, -0.2) is 4.39 Å². The molecule has 0 unspecified atom stereocenters. The van der Waals surface area contributed by atoms with Crippen LogP contribution in [0, 0.1) is 5.82 Å². The quantitative estimate of drug-likeness (QED) is 0.824. The highest BCUT2D eigenvalue weighted by molar-refractivity contribution is 5.30. The second-order valence-electron chi connectivity index (χ2n) is 5.10. The summed E-state index contributed by atoms with van der Waals surface area (Å²) in [5.74, 6) is -0.0658. The van der Waals surface area contributed by atoms with Gasteiger partial charge in [-0.1, -0.05) is 18.9 Å². The molecular formula is C15H21FO2. The Morgan fingerprint density at radius 1 is 1.22 bits per heavy atom. The highest BCUT2D eigenvalue weighted by Crippen LogP contribution is 2.26. The van der Waals surface area contributed by atoms with Gasteiger partial charge in [0, 0.05) is 0 Å². The standard InChI is InChI=1S/C15H21FO2/c1-11(17)12-8-9-15(14(16)10-12)18-13-6-4-2-3-5-7-13/h8-11,13,17H,2-7H2,1H3/t11-/m1/s1. The van der Waals surface area contributed by atoms with Gasteiger partial charge in [-0.15, -0.1) is 0 Å². The monoisotopic (exact) mass is 252 g/mol. The molecule has 0 radical (unpaired) electrons. The minimum atomic E-state index is -0.647. The fourth-order valence-electron chi connectivity index (χ4n) is 2.41. The Morgan fingerprint density at radius 2 is 1.89 bits per heavy atom. The van der Waals surface area contributed by atoms with E-state index in [4.69, 9.17) is 4.74 Å². The van der Waals surface area contributed by atoms with Crippen molar-refractivity contribution in [2.45, 2.75) is 57.7 Å².